The summed E-state index contributed by atoms with van der Waals surface area (Å²) in [5.41, 5.74) is 0.846. The molecule has 1 aromatic rings. The van der Waals surface area contributed by atoms with E-state index in [0.29, 0.717) is 22.8 Å². The van der Waals surface area contributed by atoms with Gasteiger partial charge >= 0.3 is 6.03 Å². The summed E-state index contributed by atoms with van der Waals surface area (Å²) >= 11 is 5.95. The van der Waals surface area contributed by atoms with Gasteiger partial charge in [0.05, 0.1) is 10.7 Å². The van der Waals surface area contributed by atoms with E-state index in [1.165, 1.54) is 13.1 Å². The van der Waals surface area contributed by atoms with Gasteiger partial charge < -0.3 is 16.0 Å². The zero-order valence-corrected chi connectivity index (χ0v) is 11.1. The van der Waals surface area contributed by atoms with Crippen LogP contribution in [-0.2, 0) is 0 Å². The van der Waals surface area contributed by atoms with Gasteiger partial charge in [-0.2, -0.15) is 0 Å². The Morgan fingerprint density at radius 2 is 2.06 bits per heavy atom. The molecule has 0 aliphatic heterocycles. The lowest BCUT2D eigenvalue weighted by Crippen LogP contribution is -2.29. The van der Waals surface area contributed by atoms with Crippen molar-refractivity contribution in [1.29, 1.82) is 0 Å². The molecule has 0 atom stereocenters. The molecule has 1 rings (SSSR count). The average Bonchev–Trinajstić information content (AvgIpc) is 2.38. The molecule has 98 valence electrons. The van der Waals surface area contributed by atoms with Crippen LogP contribution in [0.4, 0.5) is 10.5 Å². The number of carbonyl (C=O) groups is 2. The number of carbonyl (C=O) groups excluding carboxylic acids is 2. The molecule has 18 heavy (non-hydrogen) atoms. The highest BCUT2D eigenvalue weighted by Gasteiger charge is 2.09. The Morgan fingerprint density at radius 1 is 1.33 bits per heavy atom. The van der Waals surface area contributed by atoms with Crippen molar-refractivity contribution >= 4 is 29.2 Å². The largest absolute Gasteiger partial charge is 0.355 e. The molecule has 1 aromatic carbocycles. The number of rotatable bonds is 4. The molecule has 0 bridgehead atoms. The number of nitrogens with one attached hydrogen (secondary N) is 3. The Balaban J connectivity index is 2.81. The Bertz CT molecular complexity index is 449. The standard InChI is InChI=1S/C12H16ClN3O2/c1-3-6-15-12(18)16-10-7-8(11(17)14-2)4-5-9(10)13/h4-5,7H,3,6H2,1-2H3,(H,14,17)(H2,15,16,18). The van der Waals surface area contributed by atoms with Crippen molar-refractivity contribution in [1.82, 2.24) is 10.6 Å². The van der Waals surface area contributed by atoms with Crippen LogP contribution in [0.3, 0.4) is 0 Å². The number of anilines is 1. The molecule has 0 fully saturated rings. The summed E-state index contributed by atoms with van der Waals surface area (Å²) in [6, 6.07) is 4.36. The van der Waals surface area contributed by atoms with E-state index >= 15 is 0 Å². The van der Waals surface area contributed by atoms with Crippen LogP contribution in [0, 0.1) is 0 Å². The van der Waals surface area contributed by atoms with Crippen LogP contribution >= 0.6 is 11.6 Å². The first-order chi connectivity index (χ1) is 8.58. The predicted octanol–water partition coefficient (Wildman–Crippen LogP) is 2.23. The zero-order chi connectivity index (χ0) is 13.5. The van der Waals surface area contributed by atoms with Crippen LogP contribution in [0.2, 0.25) is 5.02 Å². The van der Waals surface area contributed by atoms with Crippen LogP contribution in [0.1, 0.15) is 23.7 Å². The summed E-state index contributed by atoms with van der Waals surface area (Å²) in [5, 5.41) is 8.15. The number of hydrogen-bond acceptors (Lipinski definition) is 2. The number of amides is 3. The highest BCUT2D eigenvalue weighted by molar-refractivity contribution is 6.33. The molecule has 0 saturated carbocycles. The van der Waals surface area contributed by atoms with Crippen molar-refractivity contribution in [2.24, 2.45) is 0 Å². The molecule has 0 aromatic heterocycles. The second kappa shape index (κ2) is 6.86. The second-order valence-electron chi connectivity index (χ2n) is 3.65. The third-order valence-electron chi connectivity index (χ3n) is 2.24. The van der Waals surface area contributed by atoms with Crippen molar-refractivity contribution < 1.29 is 9.59 Å². The molecule has 6 heteroatoms. The minimum absolute atomic E-state index is 0.233. The lowest BCUT2D eigenvalue weighted by atomic mass is 10.2. The topological polar surface area (TPSA) is 70.2 Å². The minimum Gasteiger partial charge on any atom is -0.355 e. The lowest BCUT2D eigenvalue weighted by molar-refractivity contribution is 0.0963. The molecule has 0 radical (unpaired) electrons. The summed E-state index contributed by atoms with van der Waals surface area (Å²) < 4.78 is 0. The van der Waals surface area contributed by atoms with E-state index in [0.717, 1.165) is 6.42 Å². The van der Waals surface area contributed by atoms with Gasteiger partial charge in [0.15, 0.2) is 0 Å². The SMILES string of the molecule is CCCNC(=O)Nc1cc(C(=O)NC)ccc1Cl. The Kier molecular flexibility index (Phi) is 5.45. The van der Waals surface area contributed by atoms with Crippen molar-refractivity contribution in [2.75, 3.05) is 18.9 Å². The maximum atomic E-state index is 11.5. The molecule has 0 aliphatic carbocycles. The van der Waals surface area contributed by atoms with E-state index in [9.17, 15) is 9.59 Å². The molecule has 0 spiro atoms. The summed E-state index contributed by atoms with van der Waals surface area (Å²) in [5.74, 6) is -0.233. The fourth-order valence-corrected chi connectivity index (χ4v) is 1.48. The number of hydrogen-bond donors (Lipinski definition) is 3. The summed E-state index contributed by atoms with van der Waals surface area (Å²) in [4.78, 5) is 22.9. The van der Waals surface area contributed by atoms with E-state index in [1.807, 2.05) is 6.92 Å². The highest BCUT2D eigenvalue weighted by atomic mass is 35.5. The fraction of sp³-hybridized carbons (Fsp3) is 0.333. The second-order valence-corrected chi connectivity index (χ2v) is 4.06. The maximum Gasteiger partial charge on any atom is 0.319 e. The number of urea groups is 1. The number of halogens is 1. The van der Waals surface area contributed by atoms with Gasteiger partial charge in [-0.3, -0.25) is 4.79 Å². The zero-order valence-electron chi connectivity index (χ0n) is 10.3. The normalized spacial score (nSPS) is 9.72. The summed E-state index contributed by atoms with van der Waals surface area (Å²) in [6.45, 7) is 2.54. The molecule has 0 saturated heterocycles. The summed E-state index contributed by atoms with van der Waals surface area (Å²) in [6.07, 6.45) is 0.847. The first-order valence-electron chi connectivity index (χ1n) is 5.65. The van der Waals surface area contributed by atoms with Gasteiger partial charge in [0.2, 0.25) is 0 Å². The monoisotopic (exact) mass is 269 g/mol. The molecule has 5 nitrogen and oxygen atoms in total. The van der Waals surface area contributed by atoms with Crippen LogP contribution in [0.15, 0.2) is 18.2 Å². The Labute approximate surface area is 111 Å². The van der Waals surface area contributed by atoms with Gasteiger partial charge in [0, 0.05) is 19.2 Å². The van der Waals surface area contributed by atoms with Gasteiger partial charge in [-0.05, 0) is 24.6 Å². The average molecular weight is 270 g/mol. The van der Waals surface area contributed by atoms with Gasteiger partial charge in [-0.15, -0.1) is 0 Å². The molecule has 3 N–H and O–H groups in total. The third kappa shape index (κ3) is 3.92. The molecular weight excluding hydrogens is 254 g/mol. The van der Waals surface area contributed by atoms with Gasteiger partial charge in [-0.1, -0.05) is 18.5 Å². The Hall–Kier alpha value is -1.75. The van der Waals surface area contributed by atoms with E-state index < -0.39 is 0 Å². The lowest BCUT2D eigenvalue weighted by Gasteiger charge is -2.09. The Morgan fingerprint density at radius 3 is 2.67 bits per heavy atom. The van der Waals surface area contributed by atoms with Crippen LogP contribution in [0.5, 0.6) is 0 Å². The quantitative estimate of drug-likeness (QED) is 0.784. The first kappa shape index (κ1) is 14.3. The first-order valence-corrected chi connectivity index (χ1v) is 6.02. The van der Waals surface area contributed by atoms with E-state index in [4.69, 9.17) is 11.6 Å². The van der Waals surface area contributed by atoms with E-state index in [-0.39, 0.29) is 11.9 Å². The maximum absolute atomic E-state index is 11.5. The van der Waals surface area contributed by atoms with E-state index in [2.05, 4.69) is 16.0 Å². The predicted molar refractivity (Wildman–Crippen MR) is 72.2 cm³/mol. The minimum atomic E-state index is -0.340. The molecular formula is C12H16ClN3O2. The van der Waals surface area contributed by atoms with Crippen LogP contribution in [-0.4, -0.2) is 25.5 Å². The summed E-state index contributed by atoms with van der Waals surface area (Å²) in [7, 11) is 1.54. The van der Waals surface area contributed by atoms with Crippen molar-refractivity contribution in [2.45, 2.75) is 13.3 Å². The number of benzene rings is 1. The third-order valence-corrected chi connectivity index (χ3v) is 2.57. The fourth-order valence-electron chi connectivity index (χ4n) is 1.31. The van der Waals surface area contributed by atoms with Gasteiger partial charge in [0.25, 0.3) is 5.91 Å². The highest BCUT2D eigenvalue weighted by Crippen LogP contribution is 2.22. The van der Waals surface area contributed by atoms with Gasteiger partial charge in [-0.25, -0.2) is 4.79 Å². The van der Waals surface area contributed by atoms with Crippen LogP contribution < -0.4 is 16.0 Å². The van der Waals surface area contributed by atoms with Crippen molar-refractivity contribution in [3.05, 3.63) is 28.8 Å². The van der Waals surface area contributed by atoms with Gasteiger partial charge in [0.1, 0.15) is 0 Å². The molecule has 3 amide bonds. The van der Waals surface area contributed by atoms with Crippen LogP contribution in [0.25, 0.3) is 0 Å². The van der Waals surface area contributed by atoms with Crippen molar-refractivity contribution in [3.63, 3.8) is 0 Å². The smallest absolute Gasteiger partial charge is 0.319 e. The molecule has 0 heterocycles. The molecule has 0 aliphatic rings. The molecule has 0 unspecified atom stereocenters. The van der Waals surface area contributed by atoms with Crippen molar-refractivity contribution in [3.8, 4) is 0 Å². The van der Waals surface area contributed by atoms with E-state index in [1.54, 1.807) is 12.1 Å².